The van der Waals surface area contributed by atoms with Crippen molar-refractivity contribution in [3.05, 3.63) is 30.1 Å². The number of carbonyl (C=O) groups is 1. The van der Waals surface area contributed by atoms with Crippen molar-refractivity contribution in [2.75, 3.05) is 6.54 Å². The normalized spacial score (nSPS) is 20.8. The van der Waals surface area contributed by atoms with Crippen LogP contribution in [0.15, 0.2) is 29.2 Å². The molecule has 1 atom stereocenters. The predicted octanol–water partition coefficient (Wildman–Crippen LogP) is 1.84. The monoisotopic (exact) mass is 301 g/mol. The third-order valence-corrected chi connectivity index (χ3v) is 5.37. The van der Waals surface area contributed by atoms with E-state index >= 15 is 0 Å². The summed E-state index contributed by atoms with van der Waals surface area (Å²) < 4.78 is 39.1. The van der Waals surface area contributed by atoms with Crippen molar-refractivity contribution in [3.8, 4) is 0 Å². The molecule has 0 saturated carbocycles. The van der Waals surface area contributed by atoms with Crippen molar-refractivity contribution in [3.63, 3.8) is 0 Å². The molecule has 1 aliphatic rings. The lowest BCUT2D eigenvalue weighted by Crippen LogP contribution is -2.44. The van der Waals surface area contributed by atoms with E-state index in [4.69, 9.17) is 5.11 Å². The van der Waals surface area contributed by atoms with Gasteiger partial charge in [0.1, 0.15) is 5.82 Å². The minimum atomic E-state index is -3.77. The Morgan fingerprint density at radius 1 is 1.30 bits per heavy atom. The molecule has 0 spiro atoms. The van der Waals surface area contributed by atoms with Gasteiger partial charge in [-0.2, -0.15) is 4.31 Å². The summed E-state index contributed by atoms with van der Waals surface area (Å²) in [4.78, 5) is 10.8. The molecule has 1 heterocycles. The zero-order valence-corrected chi connectivity index (χ0v) is 11.6. The van der Waals surface area contributed by atoms with Crippen LogP contribution in [0.4, 0.5) is 4.39 Å². The second-order valence-electron chi connectivity index (χ2n) is 4.82. The smallest absolute Gasteiger partial charge is 0.304 e. The Labute approximate surface area is 117 Å². The molecule has 1 aromatic carbocycles. The standard InChI is InChI=1S/C13H16FNO4S/c14-10-4-6-12(7-5-10)20(18,19)15-8-2-1-3-11(15)9-13(16)17/h4-7,11H,1-3,8-9H2,(H,16,17)/t11-/m0/s1. The molecule has 2 rings (SSSR count). The number of aliphatic carboxylic acids is 1. The third kappa shape index (κ3) is 3.16. The molecule has 0 radical (unpaired) electrons. The Morgan fingerprint density at radius 3 is 2.55 bits per heavy atom. The number of hydrogen-bond donors (Lipinski definition) is 1. The number of nitrogens with zero attached hydrogens (tertiary/aromatic N) is 1. The van der Waals surface area contributed by atoms with E-state index < -0.39 is 27.9 Å². The highest BCUT2D eigenvalue weighted by atomic mass is 32.2. The van der Waals surface area contributed by atoms with Crippen molar-refractivity contribution in [1.82, 2.24) is 4.31 Å². The molecule has 0 aliphatic carbocycles. The molecule has 1 saturated heterocycles. The Hall–Kier alpha value is -1.47. The molecule has 0 bridgehead atoms. The molecule has 110 valence electrons. The Bertz CT molecular complexity index is 585. The predicted molar refractivity (Wildman–Crippen MR) is 70.2 cm³/mol. The Morgan fingerprint density at radius 2 is 1.95 bits per heavy atom. The first-order valence-corrected chi connectivity index (χ1v) is 7.84. The van der Waals surface area contributed by atoms with Crippen molar-refractivity contribution in [2.45, 2.75) is 36.6 Å². The fourth-order valence-corrected chi connectivity index (χ4v) is 4.13. The Kier molecular flexibility index (Phi) is 4.39. The van der Waals surface area contributed by atoms with Crippen LogP contribution < -0.4 is 0 Å². The van der Waals surface area contributed by atoms with Crippen LogP contribution >= 0.6 is 0 Å². The number of carboxylic acids is 1. The lowest BCUT2D eigenvalue weighted by Gasteiger charge is -2.33. The number of piperidine rings is 1. The van der Waals surface area contributed by atoms with Crippen molar-refractivity contribution in [1.29, 1.82) is 0 Å². The van der Waals surface area contributed by atoms with Crippen LogP contribution in [0.25, 0.3) is 0 Å². The van der Waals surface area contributed by atoms with E-state index in [0.717, 1.165) is 18.6 Å². The molecule has 0 unspecified atom stereocenters. The molecule has 20 heavy (non-hydrogen) atoms. The van der Waals surface area contributed by atoms with Gasteiger partial charge in [0, 0.05) is 12.6 Å². The number of carboxylic acid groups (broad SMARTS) is 1. The van der Waals surface area contributed by atoms with E-state index in [1.165, 1.54) is 16.4 Å². The first-order chi connectivity index (χ1) is 9.41. The highest BCUT2D eigenvalue weighted by Crippen LogP contribution is 2.27. The van der Waals surface area contributed by atoms with Crippen LogP contribution in [-0.2, 0) is 14.8 Å². The van der Waals surface area contributed by atoms with Gasteiger partial charge in [0.15, 0.2) is 0 Å². The van der Waals surface area contributed by atoms with Gasteiger partial charge in [-0.25, -0.2) is 12.8 Å². The number of hydrogen-bond acceptors (Lipinski definition) is 3. The van der Waals surface area contributed by atoms with Gasteiger partial charge in [-0.05, 0) is 37.1 Å². The maximum atomic E-state index is 12.9. The fourth-order valence-electron chi connectivity index (χ4n) is 2.44. The zero-order chi connectivity index (χ0) is 14.8. The van der Waals surface area contributed by atoms with Crippen LogP contribution in [0.5, 0.6) is 0 Å². The minimum absolute atomic E-state index is 0.00353. The summed E-state index contributed by atoms with van der Waals surface area (Å²) in [6.07, 6.45) is 1.84. The molecule has 1 N–H and O–H groups in total. The molecule has 1 fully saturated rings. The SMILES string of the molecule is O=C(O)C[C@@H]1CCCCN1S(=O)(=O)c1ccc(F)cc1. The molecule has 5 nitrogen and oxygen atoms in total. The van der Waals surface area contributed by atoms with Gasteiger partial charge in [-0.15, -0.1) is 0 Å². The second kappa shape index (κ2) is 5.88. The summed E-state index contributed by atoms with van der Waals surface area (Å²) in [7, 11) is -3.77. The van der Waals surface area contributed by atoms with Gasteiger partial charge in [-0.3, -0.25) is 4.79 Å². The van der Waals surface area contributed by atoms with Crippen LogP contribution in [-0.4, -0.2) is 36.4 Å². The highest BCUT2D eigenvalue weighted by molar-refractivity contribution is 7.89. The summed E-state index contributed by atoms with van der Waals surface area (Å²) in [5.74, 6) is -1.53. The number of halogens is 1. The summed E-state index contributed by atoms with van der Waals surface area (Å²) in [5, 5.41) is 8.89. The fraction of sp³-hybridized carbons (Fsp3) is 0.462. The third-order valence-electron chi connectivity index (χ3n) is 3.40. The van der Waals surface area contributed by atoms with Crippen molar-refractivity contribution < 1.29 is 22.7 Å². The molecular formula is C13H16FNO4S. The first-order valence-electron chi connectivity index (χ1n) is 6.40. The average Bonchev–Trinajstić information content (AvgIpc) is 2.39. The van der Waals surface area contributed by atoms with Gasteiger partial charge in [0.2, 0.25) is 10.0 Å². The molecule has 0 amide bonds. The van der Waals surface area contributed by atoms with Crippen LogP contribution in [0, 0.1) is 5.82 Å². The van der Waals surface area contributed by atoms with Gasteiger partial charge >= 0.3 is 5.97 Å². The topological polar surface area (TPSA) is 74.7 Å². The van der Waals surface area contributed by atoms with Crippen molar-refractivity contribution >= 4 is 16.0 Å². The lowest BCUT2D eigenvalue weighted by molar-refractivity contribution is -0.138. The number of rotatable bonds is 4. The summed E-state index contributed by atoms with van der Waals surface area (Å²) in [5.41, 5.74) is 0. The van der Waals surface area contributed by atoms with Crippen LogP contribution in [0.1, 0.15) is 25.7 Å². The highest BCUT2D eigenvalue weighted by Gasteiger charge is 2.34. The average molecular weight is 301 g/mol. The van der Waals surface area contributed by atoms with E-state index in [9.17, 15) is 17.6 Å². The quantitative estimate of drug-likeness (QED) is 0.921. The molecule has 1 aromatic rings. The van der Waals surface area contributed by atoms with E-state index in [2.05, 4.69) is 0 Å². The number of sulfonamides is 1. The van der Waals surface area contributed by atoms with E-state index in [1.54, 1.807) is 0 Å². The first kappa shape index (κ1) is 14.9. The largest absolute Gasteiger partial charge is 0.481 e. The Balaban J connectivity index is 2.30. The summed E-state index contributed by atoms with van der Waals surface area (Å²) in [6, 6.07) is 4.05. The second-order valence-corrected chi connectivity index (χ2v) is 6.71. The zero-order valence-electron chi connectivity index (χ0n) is 10.8. The summed E-state index contributed by atoms with van der Waals surface area (Å²) >= 11 is 0. The van der Waals surface area contributed by atoms with Crippen molar-refractivity contribution in [2.24, 2.45) is 0 Å². The number of benzene rings is 1. The van der Waals surface area contributed by atoms with E-state index in [-0.39, 0.29) is 11.3 Å². The summed E-state index contributed by atoms with van der Waals surface area (Å²) in [6.45, 7) is 0.303. The van der Waals surface area contributed by atoms with Gasteiger partial charge in [0.25, 0.3) is 0 Å². The molecule has 1 aliphatic heterocycles. The van der Waals surface area contributed by atoms with Gasteiger partial charge < -0.3 is 5.11 Å². The van der Waals surface area contributed by atoms with E-state index in [1.807, 2.05) is 0 Å². The van der Waals surface area contributed by atoms with Crippen LogP contribution in [0.3, 0.4) is 0 Å². The van der Waals surface area contributed by atoms with Crippen LogP contribution in [0.2, 0.25) is 0 Å². The maximum Gasteiger partial charge on any atom is 0.304 e. The maximum absolute atomic E-state index is 12.9. The molecular weight excluding hydrogens is 285 g/mol. The van der Waals surface area contributed by atoms with Gasteiger partial charge in [0.05, 0.1) is 11.3 Å². The lowest BCUT2D eigenvalue weighted by atomic mass is 10.0. The van der Waals surface area contributed by atoms with Gasteiger partial charge in [-0.1, -0.05) is 6.42 Å². The minimum Gasteiger partial charge on any atom is -0.481 e. The molecule has 7 heteroatoms. The van der Waals surface area contributed by atoms with E-state index in [0.29, 0.717) is 19.4 Å². The molecule has 0 aromatic heterocycles.